The van der Waals surface area contributed by atoms with Crippen LogP contribution in [0, 0.1) is 35.0 Å². The van der Waals surface area contributed by atoms with Gasteiger partial charge in [-0.05, 0) is 41.4 Å². The lowest BCUT2D eigenvalue weighted by atomic mass is 9.51. The van der Waals surface area contributed by atoms with Crippen LogP contribution in [0.25, 0.3) is 0 Å². The molecular weight excluding hydrogens is 168 g/mol. The second-order valence-corrected chi connectivity index (χ2v) is 6.61. The fraction of sp³-hybridized carbons (Fsp3) is 1.00. The van der Waals surface area contributed by atoms with Gasteiger partial charge >= 0.3 is 0 Å². The predicted octanol–water partition coefficient (Wildman–Crippen LogP) is 4.60. The molecule has 0 heteroatoms. The molecule has 1 fully saturated rings. The lowest BCUT2D eigenvalue weighted by molar-refractivity contribution is -0.0485. The highest BCUT2D eigenvalue weighted by atomic mass is 14.5. The van der Waals surface area contributed by atoms with E-state index in [1.54, 1.807) is 0 Å². The molecule has 4 atom stereocenters. The third-order valence-electron chi connectivity index (χ3n) is 5.19. The van der Waals surface area contributed by atoms with Gasteiger partial charge in [-0.3, -0.25) is 0 Å². The van der Waals surface area contributed by atoms with Crippen molar-refractivity contribution in [1.82, 2.24) is 0 Å². The van der Waals surface area contributed by atoms with Crippen LogP contribution < -0.4 is 0 Å². The molecule has 14 heavy (non-hydrogen) atoms. The molecule has 0 bridgehead atoms. The Bertz CT molecular complexity index is 186. The van der Waals surface area contributed by atoms with Crippen LogP contribution in [0.1, 0.15) is 54.9 Å². The van der Waals surface area contributed by atoms with E-state index in [1.165, 1.54) is 6.42 Å². The molecule has 1 saturated carbocycles. The van der Waals surface area contributed by atoms with Gasteiger partial charge in [0.15, 0.2) is 0 Å². The number of rotatable bonds is 3. The van der Waals surface area contributed by atoms with Gasteiger partial charge in [-0.1, -0.05) is 48.5 Å². The maximum Gasteiger partial charge on any atom is -0.0323 e. The van der Waals surface area contributed by atoms with Gasteiger partial charge in [0.25, 0.3) is 0 Å². The van der Waals surface area contributed by atoms with Gasteiger partial charge in [-0.25, -0.2) is 0 Å². The van der Waals surface area contributed by atoms with Gasteiger partial charge in [-0.15, -0.1) is 0 Å². The van der Waals surface area contributed by atoms with E-state index in [2.05, 4.69) is 48.5 Å². The molecule has 0 aromatic rings. The van der Waals surface area contributed by atoms with Crippen molar-refractivity contribution in [1.29, 1.82) is 0 Å². The van der Waals surface area contributed by atoms with Crippen molar-refractivity contribution >= 4 is 0 Å². The first-order valence-electron chi connectivity index (χ1n) is 6.27. The molecule has 84 valence electrons. The molecule has 0 spiro atoms. The maximum absolute atomic E-state index is 2.46. The van der Waals surface area contributed by atoms with Gasteiger partial charge < -0.3 is 0 Å². The number of hydrogen-bond acceptors (Lipinski definition) is 0. The summed E-state index contributed by atoms with van der Waals surface area (Å²) < 4.78 is 0. The smallest absolute Gasteiger partial charge is 0.0323 e. The van der Waals surface area contributed by atoms with Crippen molar-refractivity contribution in [3.63, 3.8) is 0 Å². The van der Waals surface area contributed by atoms with Crippen LogP contribution >= 0.6 is 0 Å². The van der Waals surface area contributed by atoms with Gasteiger partial charge in [-0.2, -0.15) is 0 Å². The Labute approximate surface area is 90.5 Å². The van der Waals surface area contributed by atoms with E-state index in [0.29, 0.717) is 5.41 Å². The van der Waals surface area contributed by atoms with Crippen LogP contribution in [-0.2, 0) is 0 Å². The molecule has 0 aliphatic heterocycles. The average Bonchev–Trinajstić information content (AvgIpc) is 2.11. The van der Waals surface area contributed by atoms with Crippen LogP contribution in [-0.4, -0.2) is 0 Å². The third-order valence-corrected chi connectivity index (χ3v) is 5.19. The Morgan fingerprint density at radius 1 is 1.07 bits per heavy atom. The quantitative estimate of drug-likeness (QED) is 0.619. The van der Waals surface area contributed by atoms with Gasteiger partial charge in [0.1, 0.15) is 0 Å². The topological polar surface area (TPSA) is 0 Å². The van der Waals surface area contributed by atoms with E-state index in [0.717, 1.165) is 29.6 Å². The second kappa shape index (κ2) is 3.87. The zero-order chi connectivity index (χ0) is 11.1. The Balaban J connectivity index is 2.53. The predicted molar refractivity (Wildman–Crippen MR) is 64.2 cm³/mol. The summed E-state index contributed by atoms with van der Waals surface area (Å²) in [5, 5.41) is 0. The van der Waals surface area contributed by atoms with Crippen molar-refractivity contribution in [2.45, 2.75) is 54.9 Å². The molecule has 0 nitrogen and oxygen atoms in total. The molecule has 0 aromatic heterocycles. The normalized spacial score (nSPS) is 35.1. The summed E-state index contributed by atoms with van der Waals surface area (Å²) in [4.78, 5) is 0. The van der Waals surface area contributed by atoms with Crippen molar-refractivity contribution in [2.75, 3.05) is 0 Å². The Hall–Kier alpha value is 0. The van der Waals surface area contributed by atoms with Crippen molar-refractivity contribution in [3.8, 4) is 0 Å². The molecule has 0 N–H and O–H groups in total. The van der Waals surface area contributed by atoms with Gasteiger partial charge in [0, 0.05) is 0 Å². The fourth-order valence-corrected chi connectivity index (χ4v) is 3.03. The van der Waals surface area contributed by atoms with Crippen molar-refractivity contribution < 1.29 is 0 Å². The monoisotopic (exact) mass is 196 g/mol. The minimum atomic E-state index is 0.607. The Morgan fingerprint density at radius 3 is 1.86 bits per heavy atom. The molecule has 1 rings (SSSR count). The molecule has 1 aliphatic carbocycles. The van der Waals surface area contributed by atoms with E-state index >= 15 is 0 Å². The standard InChI is InChI=1S/C14H28/c1-9(2)10(3)11(4)13-8-14(6,7)12(13)5/h9-13H,8H2,1-7H3. The maximum atomic E-state index is 2.46. The fourth-order valence-electron chi connectivity index (χ4n) is 3.03. The molecule has 4 unspecified atom stereocenters. The molecule has 0 heterocycles. The van der Waals surface area contributed by atoms with E-state index in [1.807, 2.05) is 0 Å². The highest BCUT2D eigenvalue weighted by Gasteiger charge is 2.47. The zero-order valence-corrected chi connectivity index (χ0v) is 11.1. The van der Waals surface area contributed by atoms with E-state index < -0.39 is 0 Å². The second-order valence-electron chi connectivity index (χ2n) is 6.61. The lowest BCUT2D eigenvalue weighted by Crippen LogP contribution is -2.46. The SMILES string of the molecule is CC(C)C(C)C(C)C1CC(C)(C)C1C. The molecule has 0 amide bonds. The van der Waals surface area contributed by atoms with Crippen LogP contribution in [0.5, 0.6) is 0 Å². The van der Waals surface area contributed by atoms with Crippen LogP contribution in [0.15, 0.2) is 0 Å². The van der Waals surface area contributed by atoms with E-state index in [-0.39, 0.29) is 0 Å². The highest BCUT2D eigenvalue weighted by molar-refractivity contribution is 4.96. The van der Waals surface area contributed by atoms with Crippen molar-refractivity contribution in [3.05, 3.63) is 0 Å². The third kappa shape index (κ3) is 1.99. The summed E-state index contributed by atoms with van der Waals surface area (Å²) in [7, 11) is 0. The number of hydrogen-bond donors (Lipinski definition) is 0. The zero-order valence-electron chi connectivity index (χ0n) is 11.1. The van der Waals surface area contributed by atoms with Gasteiger partial charge in [0.2, 0.25) is 0 Å². The first kappa shape index (κ1) is 12.1. The molecule has 0 saturated heterocycles. The first-order chi connectivity index (χ1) is 6.27. The molecular formula is C14H28. The van der Waals surface area contributed by atoms with Crippen LogP contribution in [0.2, 0.25) is 0 Å². The van der Waals surface area contributed by atoms with Gasteiger partial charge in [0.05, 0.1) is 0 Å². The summed E-state index contributed by atoms with van der Waals surface area (Å²) in [5.74, 6) is 4.50. The Morgan fingerprint density at radius 2 is 1.57 bits per heavy atom. The largest absolute Gasteiger partial charge is 0.0625 e. The lowest BCUT2D eigenvalue weighted by Gasteiger charge is -2.54. The summed E-state index contributed by atoms with van der Waals surface area (Å²) in [6, 6.07) is 0. The van der Waals surface area contributed by atoms with E-state index in [4.69, 9.17) is 0 Å². The minimum Gasteiger partial charge on any atom is -0.0625 e. The minimum absolute atomic E-state index is 0.607. The van der Waals surface area contributed by atoms with E-state index in [9.17, 15) is 0 Å². The van der Waals surface area contributed by atoms with Crippen molar-refractivity contribution in [2.24, 2.45) is 35.0 Å². The molecule has 0 aromatic carbocycles. The average molecular weight is 196 g/mol. The first-order valence-corrected chi connectivity index (χ1v) is 6.27. The summed E-state index contributed by atoms with van der Waals surface area (Å²) in [6.07, 6.45) is 1.44. The Kier molecular flexibility index (Phi) is 3.33. The summed E-state index contributed by atoms with van der Waals surface area (Å²) in [6.45, 7) is 16.9. The highest BCUT2D eigenvalue weighted by Crippen LogP contribution is 2.55. The summed E-state index contributed by atoms with van der Waals surface area (Å²) >= 11 is 0. The van der Waals surface area contributed by atoms with Crippen LogP contribution in [0.3, 0.4) is 0 Å². The molecule has 1 aliphatic rings. The summed E-state index contributed by atoms with van der Waals surface area (Å²) in [5.41, 5.74) is 0.607. The molecule has 0 radical (unpaired) electrons. The van der Waals surface area contributed by atoms with Crippen LogP contribution in [0.4, 0.5) is 0 Å².